The summed E-state index contributed by atoms with van der Waals surface area (Å²) in [4.78, 5) is 28.0. The monoisotopic (exact) mass is 384 g/mol. The highest BCUT2D eigenvalue weighted by atomic mass is 16.5. The van der Waals surface area contributed by atoms with Crippen LogP contribution in [0.2, 0.25) is 0 Å². The van der Waals surface area contributed by atoms with Gasteiger partial charge in [0.15, 0.2) is 0 Å². The third kappa shape index (κ3) is 7.04. The van der Waals surface area contributed by atoms with Crippen molar-refractivity contribution in [3.8, 4) is 5.75 Å². The minimum absolute atomic E-state index is 0.111. The summed E-state index contributed by atoms with van der Waals surface area (Å²) in [5.74, 6) is 0.266. The van der Waals surface area contributed by atoms with Crippen LogP contribution in [0.15, 0.2) is 54.6 Å². The molecule has 0 unspecified atom stereocenters. The first kappa shape index (κ1) is 21.4. The van der Waals surface area contributed by atoms with Gasteiger partial charge in [-0.1, -0.05) is 30.3 Å². The second-order valence-corrected chi connectivity index (χ2v) is 6.72. The second kappa shape index (κ2) is 11.1. The van der Waals surface area contributed by atoms with Crippen molar-refractivity contribution in [3.63, 3.8) is 0 Å². The molecular weight excluding hydrogens is 356 g/mol. The predicted molar refractivity (Wildman–Crippen MR) is 108 cm³/mol. The fourth-order valence-corrected chi connectivity index (χ4v) is 2.58. The van der Waals surface area contributed by atoms with Gasteiger partial charge in [-0.2, -0.15) is 0 Å². The van der Waals surface area contributed by atoms with Crippen molar-refractivity contribution in [2.45, 2.75) is 13.0 Å². The number of ether oxygens (including phenoxy) is 2. The Morgan fingerprint density at radius 3 is 2.18 bits per heavy atom. The largest absolute Gasteiger partial charge is 0.489 e. The normalized spacial score (nSPS) is 10.6. The van der Waals surface area contributed by atoms with Gasteiger partial charge in [-0.25, -0.2) is 0 Å². The van der Waals surface area contributed by atoms with Crippen LogP contribution in [-0.4, -0.2) is 62.5 Å². The van der Waals surface area contributed by atoms with Crippen molar-refractivity contribution in [1.82, 2.24) is 9.80 Å². The van der Waals surface area contributed by atoms with E-state index in [2.05, 4.69) is 4.74 Å². The fraction of sp³-hybridized carbons (Fsp3) is 0.364. The molecule has 0 spiro atoms. The summed E-state index contributed by atoms with van der Waals surface area (Å²) in [5.41, 5.74) is 1.65. The summed E-state index contributed by atoms with van der Waals surface area (Å²) < 4.78 is 10.5. The van der Waals surface area contributed by atoms with Crippen LogP contribution in [0.4, 0.5) is 0 Å². The van der Waals surface area contributed by atoms with Crippen LogP contribution in [0.1, 0.15) is 22.3 Å². The first-order valence-corrected chi connectivity index (χ1v) is 9.27. The number of amides is 1. The van der Waals surface area contributed by atoms with Crippen LogP contribution in [0.3, 0.4) is 0 Å². The average molecular weight is 384 g/mol. The van der Waals surface area contributed by atoms with Crippen LogP contribution in [-0.2, 0) is 16.1 Å². The van der Waals surface area contributed by atoms with E-state index in [0.29, 0.717) is 37.6 Å². The van der Waals surface area contributed by atoms with Crippen molar-refractivity contribution in [2.75, 3.05) is 40.8 Å². The molecule has 150 valence electrons. The van der Waals surface area contributed by atoms with Gasteiger partial charge in [0.1, 0.15) is 12.4 Å². The van der Waals surface area contributed by atoms with E-state index in [1.807, 2.05) is 49.3 Å². The molecule has 2 aromatic carbocycles. The Bertz CT molecular complexity index is 745. The number of hydrogen-bond acceptors (Lipinski definition) is 5. The van der Waals surface area contributed by atoms with Crippen molar-refractivity contribution < 1.29 is 19.1 Å². The zero-order valence-electron chi connectivity index (χ0n) is 16.8. The number of methoxy groups -OCH3 is 1. The number of hydrogen-bond donors (Lipinski definition) is 0. The van der Waals surface area contributed by atoms with Crippen LogP contribution in [0.25, 0.3) is 0 Å². The fourth-order valence-electron chi connectivity index (χ4n) is 2.58. The summed E-state index contributed by atoms with van der Waals surface area (Å²) in [5, 5.41) is 0. The Morgan fingerprint density at radius 1 is 0.893 bits per heavy atom. The van der Waals surface area contributed by atoms with E-state index >= 15 is 0 Å². The van der Waals surface area contributed by atoms with E-state index in [1.165, 1.54) is 7.11 Å². The first-order valence-electron chi connectivity index (χ1n) is 9.27. The summed E-state index contributed by atoms with van der Waals surface area (Å²) >= 11 is 0. The summed E-state index contributed by atoms with van der Waals surface area (Å²) in [6.07, 6.45) is 0.175. The average Bonchev–Trinajstić information content (AvgIpc) is 2.72. The van der Waals surface area contributed by atoms with Gasteiger partial charge < -0.3 is 19.3 Å². The molecule has 6 heteroatoms. The SMILES string of the molecule is COC(=O)CCN(CCN(C)C)C(=O)c1ccc(OCc2ccccc2)cc1. The molecule has 2 aromatic rings. The molecule has 28 heavy (non-hydrogen) atoms. The zero-order valence-corrected chi connectivity index (χ0v) is 16.8. The molecule has 0 fully saturated rings. The maximum absolute atomic E-state index is 12.9. The maximum Gasteiger partial charge on any atom is 0.307 e. The van der Waals surface area contributed by atoms with Crippen molar-refractivity contribution in [1.29, 1.82) is 0 Å². The van der Waals surface area contributed by atoms with Gasteiger partial charge in [0.05, 0.1) is 13.5 Å². The molecule has 0 radical (unpaired) electrons. The van der Waals surface area contributed by atoms with E-state index in [9.17, 15) is 9.59 Å². The number of rotatable bonds is 10. The third-order valence-electron chi connectivity index (χ3n) is 4.27. The number of esters is 1. The third-order valence-corrected chi connectivity index (χ3v) is 4.27. The van der Waals surface area contributed by atoms with Crippen molar-refractivity contribution in [3.05, 3.63) is 65.7 Å². The summed E-state index contributed by atoms with van der Waals surface area (Å²) in [7, 11) is 5.24. The quantitative estimate of drug-likeness (QED) is 0.590. The predicted octanol–water partition coefficient (Wildman–Crippen LogP) is 2.83. The molecular formula is C22H28N2O4. The molecule has 0 aliphatic carbocycles. The van der Waals surface area contributed by atoms with Crippen LogP contribution in [0, 0.1) is 0 Å². The van der Waals surface area contributed by atoms with E-state index in [1.54, 1.807) is 29.2 Å². The molecule has 0 atom stereocenters. The molecule has 6 nitrogen and oxygen atoms in total. The molecule has 2 rings (SSSR count). The zero-order chi connectivity index (χ0) is 20.4. The van der Waals surface area contributed by atoms with Gasteiger partial charge in [0.2, 0.25) is 0 Å². The minimum atomic E-state index is -0.327. The van der Waals surface area contributed by atoms with Crippen molar-refractivity contribution >= 4 is 11.9 Å². The lowest BCUT2D eigenvalue weighted by Gasteiger charge is -2.24. The Balaban J connectivity index is 1.98. The smallest absolute Gasteiger partial charge is 0.307 e. The lowest BCUT2D eigenvalue weighted by Crippen LogP contribution is -2.38. The highest BCUT2D eigenvalue weighted by molar-refractivity contribution is 5.94. The Kier molecular flexibility index (Phi) is 8.49. The van der Waals surface area contributed by atoms with E-state index < -0.39 is 0 Å². The molecule has 0 N–H and O–H groups in total. The highest BCUT2D eigenvalue weighted by Crippen LogP contribution is 2.16. The van der Waals surface area contributed by atoms with Gasteiger partial charge >= 0.3 is 5.97 Å². The molecule has 1 amide bonds. The minimum Gasteiger partial charge on any atom is -0.489 e. The summed E-state index contributed by atoms with van der Waals surface area (Å²) in [6.45, 7) is 2.05. The van der Waals surface area contributed by atoms with Crippen molar-refractivity contribution in [2.24, 2.45) is 0 Å². The van der Waals surface area contributed by atoms with Crippen LogP contribution in [0.5, 0.6) is 5.75 Å². The van der Waals surface area contributed by atoms with Gasteiger partial charge in [-0.15, -0.1) is 0 Å². The van der Waals surface area contributed by atoms with E-state index in [4.69, 9.17) is 4.74 Å². The van der Waals surface area contributed by atoms with Crippen LogP contribution < -0.4 is 4.74 Å². The highest BCUT2D eigenvalue weighted by Gasteiger charge is 2.17. The Morgan fingerprint density at radius 2 is 1.57 bits per heavy atom. The van der Waals surface area contributed by atoms with Gasteiger partial charge in [0.25, 0.3) is 5.91 Å². The van der Waals surface area contributed by atoms with E-state index in [-0.39, 0.29) is 18.3 Å². The maximum atomic E-state index is 12.9. The van der Waals surface area contributed by atoms with Gasteiger partial charge in [0, 0.05) is 25.2 Å². The number of nitrogens with zero attached hydrogens (tertiary/aromatic N) is 2. The molecule has 0 saturated heterocycles. The lowest BCUT2D eigenvalue weighted by molar-refractivity contribution is -0.140. The first-order chi connectivity index (χ1) is 13.5. The second-order valence-electron chi connectivity index (χ2n) is 6.72. The van der Waals surface area contributed by atoms with Gasteiger partial charge in [-0.3, -0.25) is 9.59 Å². The lowest BCUT2D eigenvalue weighted by atomic mass is 10.1. The number of benzene rings is 2. The van der Waals surface area contributed by atoms with E-state index in [0.717, 1.165) is 5.56 Å². The Labute approximate surface area is 166 Å². The molecule has 0 saturated carbocycles. The Hall–Kier alpha value is -2.86. The number of carbonyl (C=O) groups excluding carboxylic acids is 2. The molecule has 0 aliphatic rings. The molecule has 0 aromatic heterocycles. The molecule has 0 aliphatic heterocycles. The molecule has 0 bridgehead atoms. The topological polar surface area (TPSA) is 59.1 Å². The van der Waals surface area contributed by atoms with Gasteiger partial charge in [-0.05, 0) is 43.9 Å². The molecule has 0 heterocycles. The number of carbonyl (C=O) groups is 2. The standard InChI is InChI=1S/C22H28N2O4/c1-23(2)15-16-24(14-13-21(25)27-3)22(26)19-9-11-20(12-10-19)28-17-18-7-5-4-6-8-18/h4-12H,13-17H2,1-3H3. The number of likely N-dealkylation sites (N-methyl/N-ethyl adjacent to an activating group) is 1. The summed E-state index contributed by atoms with van der Waals surface area (Å²) in [6, 6.07) is 17.0. The van der Waals surface area contributed by atoms with Crippen LogP contribution >= 0.6 is 0 Å².